The Labute approximate surface area is 233 Å². The topological polar surface area (TPSA) is 64.7 Å². The number of amides is 2. The largest absolute Gasteiger partial charge is 0.365 e. The second-order valence-electron chi connectivity index (χ2n) is 8.31. The molecule has 10 heteroatoms. The number of halogens is 3. The van der Waals surface area contributed by atoms with E-state index in [0.29, 0.717) is 53.0 Å². The van der Waals surface area contributed by atoms with Gasteiger partial charge in [0.25, 0.3) is 11.8 Å². The number of benzene rings is 3. The van der Waals surface area contributed by atoms with Gasteiger partial charge in [0.2, 0.25) is 0 Å². The number of hydrogen-bond acceptors (Lipinski definition) is 4. The van der Waals surface area contributed by atoms with Gasteiger partial charge in [-0.15, -0.1) is 0 Å². The first kappa shape index (κ1) is 26.4. The van der Waals surface area contributed by atoms with Gasteiger partial charge in [-0.3, -0.25) is 14.9 Å². The molecule has 0 radical (unpaired) electrons. The van der Waals surface area contributed by atoms with Crippen molar-refractivity contribution in [3.8, 4) is 0 Å². The van der Waals surface area contributed by atoms with E-state index in [1.165, 1.54) is 0 Å². The molecular weight excluding hydrogens is 583 g/mol. The minimum absolute atomic E-state index is 0.0160. The van der Waals surface area contributed by atoms with Crippen LogP contribution < -0.4 is 15.5 Å². The van der Waals surface area contributed by atoms with E-state index in [4.69, 9.17) is 35.4 Å². The first-order valence-electron chi connectivity index (χ1n) is 11.2. The summed E-state index contributed by atoms with van der Waals surface area (Å²) in [5.41, 5.74) is 3.52. The van der Waals surface area contributed by atoms with Gasteiger partial charge in [0, 0.05) is 36.2 Å². The second-order valence-corrected chi connectivity index (χ2v) is 10.5. The molecule has 0 unspecified atom stereocenters. The molecule has 6 nitrogen and oxygen atoms in total. The highest BCUT2D eigenvalue weighted by Gasteiger charge is 2.25. The SMILES string of the molecule is Cc1ccc(C(=O)N2CCN(c3c(Cl)cccc3NC(=S)NC(=O)c3cc(Br)ccc3Cl)CC2)cc1. The number of nitrogens with one attached hydrogen (secondary N) is 2. The fourth-order valence-electron chi connectivity index (χ4n) is 3.94. The fraction of sp³-hybridized carbons (Fsp3) is 0.192. The van der Waals surface area contributed by atoms with E-state index < -0.39 is 5.91 Å². The van der Waals surface area contributed by atoms with Gasteiger partial charge < -0.3 is 15.1 Å². The zero-order chi connectivity index (χ0) is 25.8. The van der Waals surface area contributed by atoms with Crippen molar-refractivity contribution in [2.24, 2.45) is 0 Å². The summed E-state index contributed by atoms with van der Waals surface area (Å²) in [5.74, 6) is -0.409. The van der Waals surface area contributed by atoms with E-state index in [-0.39, 0.29) is 11.0 Å². The molecule has 0 bridgehead atoms. The van der Waals surface area contributed by atoms with Crippen LogP contribution in [0.2, 0.25) is 10.0 Å². The van der Waals surface area contributed by atoms with Crippen molar-refractivity contribution in [3.05, 3.63) is 91.9 Å². The fourth-order valence-corrected chi connectivity index (χ4v) is 5.01. The van der Waals surface area contributed by atoms with Crippen molar-refractivity contribution in [1.29, 1.82) is 0 Å². The van der Waals surface area contributed by atoms with Crippen molar-refractivity contribution >= 4 is 79.7 Å². The second kappa shape index (κ2) is 11.6. The minimum atomic E-state index is -0.425. The van der Waals surface area contributed by atoms with E-state index in [9.17, 15) is 9.59 Å². The molecule has 1 aliphatic heterocycles. The summed E-state index contributed by atoms with van der Waals surface area (Å²) < 4.78 is 0.730. The van der Waals surface area contributed by atoms with Gasteiger partial charge in [0.15, 0.2) is 5.11 Å². The first-order valence-corrected chi connectivity index (χ1v) is 13.2. The predicted molar refractivity (Wildman–Crippen MR) is 154 cm³/mol. The van der Waals surface area contributed by atoms with Gasteiger partial charge in [0.05, 0.1) is 27.0 Å². The van der Waals surface area contributed by atoms with Crippen molar-refractivity contribution < 1.29 is 9.59 Å². The lowest BCUT2D eigenvalue weighted by molar-refractivity contribution is 0.0746. The summed E-state index contributed by atoms with van der Waals surface area (Å²) in [6.07, 6.45) is 0. The number of hydrogen-bond donors (Lipinski definition) is 2. The summed E-state index contributed by atoms with van der Waals surface area (Å²) in [6.45, 7) is 4.31. The Morgan fingerprint density at radius 3 is 2.33 bits per heavy atom. The third-order valence-corrected chi connectivity index (χ3v) is 7.15. The zero-order valence-electron chi connectivity index (χ0n) is 19.4. The summed E-state index contributed by atoms with van der Waals surface area (Å²) in [5, 5.41) is 6.74. The van der Waals surface area contributed by atoms with Gasteiger partial charge >= 0.3 is 0 Å². The number of para-hydroxylation sites is 1. The Balaban J connectivity index is 1.43. The molecule has 2 amide bonds. The highest BCUT2D eigenvalue weighted by Crippen LogP contribution is 2.35. The lowest BCUT2D eigenvalue weighted by Crippen LogP contribution is -2.49. The Hall–Kier alpha value is -2.65. The van der Waals surface area contributed by atoms with E-state index in [1.807, 2.05) is 42.2 Å². The molecule has 3 aromatic carbocycles. The molecule has 1 saturated heterocycles. The van der Waals surface area contributed by atoms with Gasteiger partial charge in [-0.25, -0.2) is 0 Å². The Bertz CT molecular complexity index is 1310. The van der Waals surface area contributed by atoms with Crippen LogP contribution in [0.5, 0.6) is 0 Å². The highest BCUT2D eigenvalue weighted by atomic mass is 79.9. The van der Waals surface area contributed by atoms with Crippen LogP contribution in [-0.4, -0.2) is 48.0 Å². The van der Waals surface area contributed by atoms with Crippen LogP contribution in [0.3, 0.4) is 0 Å². The van der Waals surface area contributed by atoms with Crippen LogP contribution in [-0.2, 0) is 0 Å². The number of nitrogens with zero attached hydrogens (tertiary/aromatic N) is 2. The standard InChI is InChI=1S/C26H23BrCl2N4O2S/c1-16-5-7-17(8-6-16)25(35)33-13-11-32(12-14-33)23-21(29)3-2-4-22(23)30-26(36)31-24(34)19-15-18(27)9-10-20(19)28/h2-10,15H,11-14H2,1H3,(H2,30,31,34,36). The number of carbonyl (C=O) groups is 2. The summed E-state index contributed by atoms with van der Waals surface area (Å²) >= 11 is 21.5. The van der Waals surface area contributed by atoms with Crippen molar-refractivity contribution in [1.82, 2.24) is 10.2 Å². The van der Waals surface area contributed by atoms with Gasteiger partial charge in [-0.2, -0.15) is 0 Å². The number of anilines is 2. The average molecular weight is 606 g/mol. The van der Waals surface area contributed by atoms with Crippen LogP contribution in [0, 0.1) is 6.92 Å². The first-order chi connectivity index (χ1) is 17.2. The molecule has 36 heavy (non-hydrogen) atoms. The van der Waals surface area contributed by atoms with E-state index in [0.717, 1.165) is 15.7 Å². The van der Waals surface area contributed by atoms with Crippen molar-refractivity contribution in [2.45, 2.75) is 6.92 Å². The number of aryl methyl sites for hydroxylation is 1. The maximum atomic E-state index is 12.9. The number of thiocarbonyl (C=S) groups is 1. The van der Waals surface area contributed by atoms with Crippen LogP contribution in [0.1, 0.15) is 26.3 Å². The molecule has 0 aliphatic carbocycles. The lowest BCUT2D eigenvalue weighted by Gasteiger charge is -2.37. The molecule has 0 spiro atoms. The maximum Gasteiger partial charge on any atom is 0.258 e. The molecule has 2 N–H and O–H groups in total. The van der Waals surface area contributed by atoms with Crippen LogP contribution >= 0.6 is 51.3 Å². The van der Waals surface area contributed by atoms with Gasteiger partial charge in [-0.1, -0.05) is 62.9 Å². The number of carbonyl (C=O) groups excluding carboxylic acids is 2. The lowest BCUT2D eigenvalue weighted by atomic mass is 10.1. The zero-order valence-corrected chi connectivity index (χ0v) is 23.3. The summed E-state index contributed by atoms with van der Waals surface area (Å²) in [4.78, 5) is 29.5. The monoisotopic (exact) mass is 604 g/mol. The van der Waals surface area contributed by atoms with E-state index in [2.05, 4.69) is 31.5 Å². The molecule has 0 aromatic heterocycles. The van der Waals surface area contributed by atoms with E-state index in [1.54, 1.807) is 30.3 Å². The van der Waals surface area contributed by atoms with E-state index >= 15 is 0 Å². The molecule has 3 aromatic rings. The minimum Gasteiger partial charge on any atom is -0.365 e. The Morgan fingerprint density at radius 2 is 1.64 bits per heavy atom. The van der Waals surface area contributed by atoms with Gasteiger partial charge in [0.1, 0.15) is 0 Å². The number of rotatable bonds is 4. The number of piperazine rings is 1. The Kier molecular flexibility index (Phi) is 8.51. The van der Waals surface area contributed by atoms with Crippen LogP contribution in [0.25, 0.3) is 0 Å². The van der Waals surface area contributed by atoms with Crippen LogP contribution in [0.4, 0.5) is 11.4 Å². The maximum absolute atomic E-state index is 12.9. The molecule has 1 fully saturated rings. The molecule has 1 heterocycles. The third-order valence-electron chi connectivity index (χ3n) is 5.82. The van der Waals surface area contributed by atoms with Crippen molar-refractivity contribution in [2.75, 3.05) is 36.4 Å². The third kappa shape index (κ3) is 6.18. The summed E-state index contributed by atoms with van der Waals surface area (Å²) in [6, 6.07) is 18.1. The molecular formula is C26H23BrCl2N4O2S. The normalized spacial score (nSPS) is 13.3. The quantitative estimate of drug-likeness (QED) is 0.349. The molecule has 0 atom stereocenters. The molecule has 186 valence electrons. The van der Waals surface area contributed by atoms with Crippen LogP contribution in [0.15, 0.2) is 65.1 Å². The predicted octanol–water partition coefficient (Wildman–Crippen LogP) is 6.15. The summed E-state index contributed by atoms with van der Waals surface area (Å²) in [7, 11) is 0. The molecule has 1 aliphatic rings. The Morgan fingerprint density at radius 1 is 0.944 bits per heavy atom. The average Bonchev–Trinajstić information content (AvgIpc) is 2.86. The highest BCUT2D eigenvalue weighted by molar-refractivity contribution is 9.10. The van der Waals surface area contributed by atoms with Crippen molar-refractivity contribution in [3.63, 3.8) is 0 Å². The van der Waals surface area contributed by atoms with Gasteiger partial charge in [-0.05, 0) is 61.6 Å². The molecule has 4 rings (SSSR count). The smallest absolute Gasteiger partial charge is 0.258 e. The molecule has 0 saturated carbocycles.